The summed E-state index contributed by atoms with van der Waals surface area (Å²) < 4.78 is 5.51. The van der Waals surface area contributed by atoms with Gasteiger partial charge in [-0.2, -0.15) is 0 Å². The van der Waals surface area contributed by atoms with Crippen LogP contribution in [0.2, 0.25) is 0 Å². The molecule has 0 radical (unpaired) electrons. The Bertz CT molecular complexity index is 1030. The summed E-state index contributed by atoms with van der Waals surface area (Å²) in [5.41, 5.74) is 0.663. The van der Waals surface area contributed by atoms with Gasteiger partial charge in [0.2, 0.25) is 0 Å². The quantitative estimate of drug-likeness (QED) is 0.753. The van der Waals surface area contributed by atoms with E-state index in [0.29, 0.717) is 6.61 Å². The average Bonchev–Trinajstić information content (AvgIpc) is 3.31. The number of nitrogens with zero attached hydrogens (tertiary/aromatic N) is 1. The molecule has 2 aliphatic heterocycles. The van der Waals surface area contributed by atoms with Crippen LogP contribution in [0.15, 0.2) is 42.5 Å². The van der Waals surface area contributed by atoms with Gasteiger partial charge in [0.1, 0.15) is 0 Å². The fourth-order valence-electron chi connectivity index (χ4n) is 3.56. The van der Waals surface area contributed by atoms with E-state index < -0.39 is 23.7 Å². The summed E-state index contributed by atoms with van der Waals surface area (Å²) in [7, 11) is 0. The lowest BCUT2D eigenvalue weighted by atomic mass is 10.0. The van der Waals surface area contributed by atoms with Gasteiger partial charge in [0.05, 0.1) is 35.0 Å². The molecule has 148 valence electrons. The van der Waals surface area contributed by atoms with Crippen molar-refractivity contribution in [2.24, 2.45) is 0 Å². The Balaban J connectivity index is 1.56. The Labute approximate surface area is 166 Å². The minimum Gasteiger partial charge on any atom is -0.478 e. The fourth-order valence-corrected chi connectivity index (χ4v) is 3.56. The maximum Gasteiger partial charge on any atom is 0.337 e. The highest BCUT2D eigenvalue weighted by atomic mass is 16.5. The second-order valence-corrected chi connectivity index (χ2v) is 6.92. The topological polar surface area (TPSA) is 113 Å². The number of carbonyl (C=O) groups excluding carboxylic acids is 3. The molecule has 2 aromatic rings. The first-order chi connectivity index (χ1) is 14.0. The van der Waals surface area contributed by atoms with Crippen molar-refractivity contribution in [2.75, 3.05) is 18.5 Å². The van der Waals surface area contributed by atoms with E-state index in [2.05, 4.69) is 5.32 Å². The molecule has 2 N–H and O–H groups in total. The fraction of sp³-hybridized carbons (Fsp3) is 0.238. The van der Waals surface area contributed by atoms with Gasteiger partial charge in [-0.15, -0.1) is 0 Å². The second-order valence-electron chi connectivity index (χ2n) is 6.92. The lowest BCUT2D eigenvalue weighted by Gasteiger charge is -2.17. The first-order valence-corrected chi connectivity index (χ1v) is 9.21. The van der Waals surface area contributed by atoms with Crippen LogP contribution in [0.1, 0.15) is 54.3 Å². The van der Waals surface area contributed by atoms with E-state index in [9.17, 15) is 24.3 Å². The average molecular weight is 394 g/mol. The third-order valence-corrected chi connectivity index (χ3v) is 5.05. The number of carboxylic acids is 1. The van der Waals surface area contributed by atoms with Crippen molar-refractivity contribution in [2.45, 2.75) is 18.9 Å². The van der Waals surface area contributed by atoms with Crippen LogP contribution in [0.4, 0.5) is 5.69 Å². The minimum absolute atomic E-state index is 0.0454. The summed E-state index contributed by atoms with van der Waals surface area (Å²) in [6.07, 6.45) is 1.53. The van der Waals surface area contributed by atoms with Crippen molar-refractivity contribution in [3.05, 3.63) is 64.7 Å². The SMILES string of the molecule is O=C(Nc1ccccc1C(=O)O)c1ccc2c(c1)C(=O)N(C[C@@H]1CCCO1)C2=O. The molecular weight excluding hydrogens is 376 g/mol. The number of amides is 3. The molecule has 8 nitrogen and oxygen atoms in total. The molecule has 0 saturated carbocycles. The maximum atomic E-state index is 12.7. The third kappa shape index (κ3) is 3.50. The molecule has 1 saturated heterocycles. The molecule has 1 atom stereocenters. The first-order valence-electron chi connectivity index (χ1n) is 9.21. The van der Waals surface area contributed by atoms with Crippen molar-refractivity contribution < 1.29 is 29.0 Å². The highest BCUT2D eigenvalue weighted by Gasteiger charge is 2.38. The third-order valence-electron chi connectivity index (χ3n) is 5.05. The predicted octanol–water partition coefficient (Wildman–Crippen LogP) is 2.41. The number of carbonyl (C=O) groups is 4. The van der Waals surface area contributed by atoms with Gasteiger partial charge < -0.3 is 15.2 Å². The molecule has 29 heavy (non-hydrogen) atoms. The number of imide groups is 1. The number of aromatic carboxylic acids is 1. The second kappa shape index (κ2) is 7.48. The number of hydrogen-bond donors (Lipinski definition) is 2. The molecule has 0 unspecified atom stereocenters. The van der Waals surface area contributed by atoms with Gasteiger partial charge in [0.15, 0.2) is 0 Å². The monoisotopic (exact) mass is 394 g/mol. The summed E-state index contributed by atoms with van der Waals surface area (Å²) >= 11 is 0. The van der Waals surface area contributed by atoms with Gasteiger partial charge in [-0.05, 0) is 43.2 Å². The minimum atomic E-state index is -1.17. The standard InChI is InChI=1S/C21H18N2O6/c24-18(22-17-6-2-1-5-15(17)21(27)28)12-7-8-14-16(10-12)20(26)23(19(14)25)11-13-4-3-9-29-13/h1-2,5-8,10,13H,3-4,9,11H2,(H,22,24)(H,27,28)/t13-/m0/s1. The molecule has 0 aromatic heterocycles. The highest BCUT2D eigenvalue weighted by Crippen LogP contribution is 2.26. The van der Waals surface area contributed by atoms with Gasteiger partial charge in [-0.1, -0.05) is 12.1 Å². The number of carboxylic acid groups (broad SMARTS) is 1. The van der Waals surface area contributed by atoms with Gasteiger partial charge >= 0.3 is 5.97 Å². The van der Waals surface area contributed by atoms with Crippen molar-refractivity contribution in [1.29, 1.82) is 0 Å². The summed E-state index contributed by atoms with van der Waals surface area (Å²) in [6, 6.07) is 10.3. The van der Waals surface area contributed by atoms with Crippen LogP contribution < -0.4 is 5.32 Å². The zero-order valence-corrected chi connectivity index (χ0v) is 15.4. The Kier molecular flexibility index (Phi) is 4.85. The number of hydrogen-bond acceptors (Lipinski definition) is 5. The first kappa shape index (κ1) is 18.8. The summed E-state index contributed by atoms with van der Waals surface area (Å²) in [5, 5.41) is 11.8. The number of para-hydroxylation sites is 1. The van der Waals surface area contributed by atoms with E-state index in [1.165, 1.54) is 30.3 Å². The number of ether oxygens (including phenoxy) is 1. The molecule has 3 amide bonds. The molecule has 1 fully saturated rings. The van der Waals surface area contributed by atoms with E-state index in [0.717, 1.165) is 17.7 Å². The maximum absolute atomic E-state index is 12.7. The number of rotatable bonds is 5. The Morgan fingerprint density at radius 2 is 1.86 bits per heavy atom. The number of nitrogens with one attached hydrogen (secondary N) is 1. The normalized spacial score (nSPS) is 18.1. The van der Waals surface area contributed by atoms with E-state index in [4.69, 9.17) is 4.74 Å². The highest BCUT2D eigenvalue weighted by molar-refractivity contribution is 6.22. The van der Waals surface area contributed by atoms with Gasteiger partial charge in [-0.25, -0.2) is 4.79 Å². The van der Waals surface area contributed by atoms with Gasteiger partial charge in [0, 0.05) is 12.2 Å². The summed E-state index contributed by atoms with van der Waals surface area (Å²) in [4.78, 5) is 50.3. The molecular formula is C21H18N2O6. The molecule has 0 aliphatic carbocycles. The van der Waals surface area contributed by atoms with Crippen LogP contribution in [-0.4, -0.2) is 53.0 Å². The number of anilines is 1. The van der Waals surface area contributed by atoms with E-state index >= 15 is 0 Å². The molecule has 2 heterocycles. The van der Waals surface area contributed by atoms with E-state index in [1.54, 1.807) is 12.1 Å². The van der Waals surface area contributed by atoms with E-state index in [-0.39, 0.29) is 40.6 Å². The molecule has 2 aliphatic rings. The van der Waals surface area contributed by atoms with Crippen LogP contribution in [0.25, 0.3) is 0 Å². The van der Waals surface area contributed by atoms with Gasteiger partial charge in [-0.3, -0.25) is 19.3 Å². The number of fused-ring (bicyclic) bond motifs is 1. The largest absolute Gasteiger partial charge is 0.478 e. The zero-order chi connectivity index (χ0) is 20.5. The number of benzene rings is 2. The Hall–Kier alpha value is -3.52. The van der Waals surface area contributed by atoms with Crippen LogP contribution in [-0.2, 0) is 4.74 Å². The molecule has 0 spiro atoms. The predicted molar refractivity (Wildman–Crippen MR) is 102 cm³/mol. The summed E-state index contributed by atoms with van der Waals surface area (Å²) in [6.45, 7) is 0.815. The molecule has 0 bridgehead atoms. The van der Waals surface area contributed by atoms with Crippen molar-refractivity contribution in [1.82, 2.24) is 4.90 Å². The van der Waals surface area contributed by atoms with Crippen molar-refractivity contribution in [3.63, 3.8) is 0 Å². The molecule has 4 rings (SSSR count). The molecule has 8 heteroatoms. The Morgan fingerprint density at radius 3 is 2.59 bits per heavy atom. The zero-order valence-electron chi connectivity index (χ0n) is 15.4. The smallest absolute Gasteiger partial charge is 0.337 e. The van der Waals surface area contributed by atoms with Crippen LogP contribution in [0.3, 0.4) is 0 Å². The van der Waals surface area contributed by atoms with E-state index in [1.807, 2.05) is 0 Å². The lowest BCUT2D eigenvalue weighted by molar-refractivity contribution is 0.0475. The van der Waals surface area contributed by atoms with Crippen LogP contribution in [0.5, 0.6) is 0 Å². The van der Waals surface area contributed by atoms with Crippen molar-refractivity contribution in [3.8, 4) is 0 Å². The Morgan fingerprint density at radius 1 is 1.10 bits per heavy atom. The van der Waals surface area contributed by atoms with Gasteiger partial charge in [0.25, 0.3) is 17.7 Å². The lowest BCUT2D eigenvalue weighted by Crippen LogP contribution is -2.36. The van der Waals surface area contributed by atoms with Crippen LogP contribution in [0, 0.1) is 0 Å². The van der Waals surface area contributed by atoms with Crippen molar-refractivity contribution >= 4 is 29.4 Å². The van der Waals surface area contributed by atoms with Crippen LogP contribution >= 0.6 is 0 Å². The summed E-state index contributed by atoms with van der Waals surface area (Å²) in [5.74, 6) is -2.59. The molecule has 2 aromatic carbocycles.